The van der Waals surface area contributed by atoms with Crippen LogP contribution in [-0.2, 0) is 9.53 Å². The summed E-state index contributed by atoms with van der Waals surface area (Å²) in [7, 11) is 1.17. The van der Waals surface area contributed by atoms with E-state index in [0.717, 1.165) is 0 Å². The SMILES string of the molecule is COC(=O)c1c(O)cccc1OC(=O)CCCCO. The van der Waals surface area contributed by atoms with E-state index < -0.39 is 11.9 Å². The van der Waals surface area contributed by atoms with Gasteiger partial charge in [-0.1, -0.05) is 6.07 Å². The molecule has 0 spiro atoms. The molecule has 6 heteroatoms. The number of benzene rings is 1. The van der Waals surface area contributed by atoms with Crippen molar-refractivity contribution in [2.45, 2.75) is 19.3 Å². The zero-order chi connectivity index (χ0) is 14.3. The highest BCUT2D eigenvalue weighted by Gasteiger charge is 2.19. The Kier molecular flexibility index (Phi) is 5.81. The number of aliphatic hydroxyl groups is 1. The summed E-state index contributed by atoms with van der Waals surface area (Å²) >= 11 is 0. The molecular weight excluding hydrogens is 252 g/mol. The average molecular weight is 268 g/mol. The zero-order valence-corrected chi connectivity index (χ0v) is 10.6. The van der Waals surface area contributed by atoms with E-state index in [1.807, 2.05) is 0 Å². The van der Waals surface area contributed by atoms with Crippen LogP contribution in [0.3, 0.4) is 0 Å². The molecule has 0 heterocycles. The standard InChI is InChI=1S/C13H16O6/c1-18-13(17)12-9(15)5-4-6-10(12)19-11(16)7-2-3-8-14/h4-6,14-15H,2-3,7-8H2,1H3. The van der Waals surface area contributed by atoms with E-state index in [4.69, 9.17) is 9.84 Å². The first-order chi connectivity index (χ1) is 9.10. The van der Waals surface area contributed by atoms with Crippen molar-refractivity contribution in [2.75, 3.05) is 13.7 Å². The number of hydrogen-bond donors (Lipinski definition) is 2. The number of carbonyl (C=O) groups is 2. The molecule has 0 unspecified atom stereocenters. The third-order valence-corrected chi connectivity index (χ3v) is 2.41. The molecule has 0 aliphatic rings. The Labute approximate surface area is 110 Å². The van der Waals surface area contributed by atoms with Crippen molar-refractivity contribution in [1.82, 2.24) is 0 Å². The molecule has 1 aromatic carbocycles. The van der Waals surface area contributed by atoms with Crippen LogP contribution in [0.1, 0.15) is 29.6 Å². The second-order valence-corrected chi connectivity index (χ2v) is 3.80. The first kappa shape index (κ1) is 15.0. The molecule has 0 atom stereocenters. The predicted octanol–water partition coefficient (Wildman–Crippen LogP) is 1.25. The fraction of sp³-hybridized carbons (Fsp3) is 0.385. The van der Waals surface area contributed by atoms with Crippen LogP contribution in [0, 0.1) is 0 Å². The van der Waals surface area contributed by atoms with Crippen LogP contribution in [0.25, 0.3) is 0 Å². The second-order valence-electron chi connectivity index (χ2n) is 3.80. The molecular formula is C13H16O6. The highest BCUT2D eigenvalue weighted by atomic mass is 16.5. The summed E-state index contributed by atoms with van der Waals surface area (Å²) in [6, 6.07) is 4.16. The molecule has 6 nitrogen and oxygen atoms in total. The maximum Gasteiger partial charge on any atom is 0.345 e. The largest absolute Gasteiger partial charge is 0.507 e. The van der Waals surface area contributed by atoms with Crippen molar-refractivity contribution in [2.24, 2.45) is 0 Å². The van der Waals surface area contributed by atoms with E-state index in [9.17, 15) is 14.7 Å². The third-order valence-electron chi connectivity index (χ3n) is 2.41. The summed E-state index contributed by atoms with van der Waals surface area (Å²) in [6.45, 7) is 0.00676. The van der Waals surface area contributed by atoms with Crippen LogP contribution >= 0.6 is 0 Å². The van der Waals surface area contributed by atoms with E-state index in [1.165, 1.54) is 25.3 Å². The van der Waals surface area contributed by atoms with Gasteiger partial charge in [0.2, 0.25) is 0 Å². The lowest BCUT2D eigenvalue weighted by atomic mass is 10.2. The third kappa shape index (κ3) is 4.26. The van der Waals surface area contributed by atoms with E-state index >= 15 is 0 Å². The van der Waals surface area contributed by atoms with Crippen molar-refractivity contribution in [3.05, 3.63) is 23.8 Å². The minimum Gasteiger partial charge on any atom is -0.507 e. The molecule has 0 radical (unpaired) electrons. The van der Waals surface area contributed by atoms with E-state index in [-0.39, 0.29) is 30.1 Å². The van der Waals surface area contributed by atoms with Gasteiger partial charge < -0.3 is 19.7 Å². The number of rotatable bonds is 6. The molecule has 0 aliphatic carbocycles. The van der Waals surface area contributed by atoms with Gasteiger partial charge in [-0.15, -0.1) is 0 Å². The quantitative estimate of drug-likeness (QED) is 0.458. The van der Waals surface area contributed by atoms with Crippen molar-refractivity contribution < 1.29 is 29.3 Å². The normalized spacial score (nSPS) is 10.0. The number of phenols is 1. The number of methoxy groups -OCH3 is 1. The van der Waals surface area contributed by atoms with Crippen molar-refractivity contribution in [3.8, 4) is 11.5 Å². The Morgan fingerprint density at radius 1 is 1.26 bits per heavy atom. The molecule has 0 amide bonds. The van der Waals surface area contributed by atoms with Gasteiger partial charge in [0.15, 0.2) is 0 Å². The Bertz CT molecular complexity index is 454. The lowest BCUT2D eigenvalue weighted by Crippen LogP contribution is -2.12. The zero-order valence-electron chi connectivity index (χ0n) is 10.6. The minimum absolute atomic E-state index is 0.00676. The molecule has 0 fully saturated rings. The lowest BCUT2D eigenvalue weighted by molar-refractivity contribution is -0.134. The van der Waals surface area contributed by atoms with Crippen LogP contribution in [0.15, 0.2) is 18.2 Å². The first-order valence-corrected chi connectivity index (χ1v) is 5.82. The van der Waals surface area contributed by atoms with Gasteiger partial charge in [0, 0.05) is 13.0 Å². The van der Waals surface area contributed by atoms with Crippen LogP contribution in [0.5, 0.6) is 11.5 Å². The summed E-state index contributed by atoms with van der Waals surface area (Å²) in [5.41, 5.74) is -0.180. The Balaban J connectivity index is 2.80. The number of carbonyl (C=O) groups excluding carboxylic acids is 2. The Hall–Kier alpha value is -2.08. The lowest BCUT2D eigenvalue weighted by Gasteiger charge is -2.09. The van der Waals surface area contributed by atoms with Gasteiger partial charge in [0.05, 0.1) is 7.11 Å². The molecule has 0 saturated carbocycles. The number of aliphatic hydroxyl groups excluding tert-OH is 1. The maximum absolute atomic E-state index is 11.5. The molecule has 104 valence electrons. The van der Waals surface area contributed by atoms with Gasteiger partial charge in [-0.25, -0.2) is 4.79 Å². The van der Waals surface area contributed by atoms with Gasteiger partial charge in [0.1, 0.15) is 17.1 Å². The number of phenolic OH excluding ortho intramolecular Hbond substituents is 1. The molecule has 0 bridgehead atoms. The van der Waals surface area contributed by atoms with Crippen molar-refractivity contribution in [1.29, 1.82) is 0 Å². The molecule has 1 aromatic rings. The number of aromatic hydroxyl groups is 1. The highest BCUT2D eigenvalue weighted by molar-refractivity contribution is 5.96. The topological polar surface area (TPSA) is 93.1 Å². The highest BCUT2D eigenvalue weighted by Crippen LogP contribution is 2.28. The van der Waals surface area contributed by atoms with Crippen LogP contribution in [0.2, 0.25) is 0 Å². The van der Waals surface area contributed by atoms with Gasteiger partial charge in [-0.05, 0) is 25.0 Å². The number of esters is 2. The molecule has 1 rings (SSSR count). The number of unbranched alkanes of at least 4 members (excludes halogenated alkanes) is 1. The smallest absolute Gasteiger partial charge is 0.345 e. The predicted molar refractivity (Wildman–Crippen MR) is 66.0 cm³/mol. The molecule has 0 aliphatic heterocycles. The van der Waals surface area contributed by atoms with Crippen LogP contribution in [0.4, 0.5) is 0 Å². The first-order valence-electron chi connectivity index (χ1n) is 5.82. The summed E-state index contributed by atoms with van der Waals surface area (Å²) in [4.78, 5) is 23.0. The van der Waals surface area contributed by atoms with Crippen LogP contribution in [-0.4, -0.2) is 35.9 Å². The monoisotopic (exact) mass is 268 g/mol. The molecule has 2 N–H and O–H groups in total. The van der Waals surface area contributed by atoms with Crippen LogP contribution < -0.4 is 4.74 Å². The fourth-order valence-electron chi connectivity index (χ4n) is 1.47. The van der Waals surface area contributed by atoms with Gasteiger partial charge >= 0.3 is 11.9 Å². The second kappa shape index (κ2) is 7.38. The molecule has 0 aromatic heterocycles. The average Bonchev–Trinajstić information content (AvgIpc) is 2.38. The summed E-state index contributed by atoms with van der Waals surface area (Å²) in [5.74, 6) is -1.67. The summed E-state index contributed by atoms with van der Waals surface area (Å²) < 4.78 is 9.53. The number of ether oxygens (including phenoxy) is 2. The molecule has 0 saturated heterocycles. The Morgan fingerprint density at radius 3 is 2.63 bits per heavy atom. The minimum atomic E-state index is -0.781. The summed E-state index contributed by atoms with van der Waals surface area (Å²) in [6.07, 6.45) is 1.11. The molecule has 19 heavy (non-hydrogen) atoms. The maximum atomic E-state index is 11.5. The van der Waals surface area contributed by atoms with Gasteiger partial charge in [-0.3, -0.25) is 4.79 Å². The number of hydrogen-bond acceptors (Lipinski definition) is 6. The van der Waals surface area contributed by atoms with Crippen molar-refractivity contribution >= 4 is 11.9 Å². The summed E-state index contributed by atoms with van der Waals surface area (Å²) in [5, 5.41) is 18.2. The van der Waals surface area contributed by atoms with Crippen molar-refractivity contribution in [3.63, 3.8) is 0 Å². The van der Waals surface area contributed by atoms with Gasteiger partial charge in [-0.2, -0.15) is 0 Å². The van der Waals surface area contributed by atoms with E-state index in [2.05, 4.69) is 4.74 Å². The Morgan fingerprint density at radius 2 is 2.00 bits per heavy atom. The van der Waals surface area contributed by atoms with E-state index in [1.54, 1.807) is 0 Å². The van der Waals surface area contributed by atoms with E-state index in [0.29, 0.717) is 12.8 Å². The fourth-order valence-corrected chi connectivity index (χ4v) is 1.47. The van der Waals surface area contributed by atoms with Gasteiger partial charge in [0.25, 0.3) is 0 Å².